The Kier molecular flexibility index (Phi) is 4.49. The summed E-state index contributed by atoms with van der Waals surface area (Å²) in [6.07, 6.45) is 1.84. The van der Waals surface area contributed by atoms with E-state index in [1.807, 2.05) is 37.4 Å². The molecule has 0 saturated heterocycles. The van der Waals surface area contributed by atoms with Crippen molar-refractivity contribution in [2.24, 2.45) is 4.99 Å². The average Bonchev–Trinajstić information content (AvgIpc) is 2.43. The molecule has 0 spiro atoms. The van der Waals surface area contributed by atoms with Crippen LogP contribution >= 0.6 is 11.8 Å². The third-order valence-electron chi connectivity index (χ3n) is 2.65. The Morgan fingerprint density at radius 2 is 2.00 bits per heavy atom. The van der Waals surface area contributed by atoms with Crippen LogP contribution in [0.25, 0.3) is 0 Å². The number of hydrogen-bond donors (Lipinski definition) is 4. The van der Waals surface area contributed by atoms with Gasteiger partial charge in [0.2, 0.25) is 5.95 Å². The molecule has 8 heteroatoms. The predicted molar refractivity (Wildman–Crippen MR) is 89.1 cm³/mol. The van der Waals surface area contributed by atoms with Crippen LogP contribution in [0.4, 0.5) is 23.1 Å². The molecule has 1 aromatic heterocycles. The molecule has 0 radical (unpaired) electrons. The van der Waals surface area contributed by atoms with Gasteiger partial charge in [-0.05, 0) is 25.3 Å². The monoisotopic (exact) mass is 304 g/mol. The van der Waals surface area contributed by atoms with Gasteiger partial charge in [-0.25, -0.2) is 4.99 Å². The summed E-state index contributed by atoms with van der Waals surface area (Å²) in [5.41, 5.74) is 12.7. The Labute approximate surface area is 125 Å². The van der Waals surface area contributed by atoms with Crippen LogP contribution < -0.4 is 22.3 Å². The zero-order valence-electron chi connectivity index (χ0n) is 11.7. The Hall–Kier alpha value is -2.48. The van der Waals surface area contributed by atoms with Crippen molar-refractivity contribution in [3.05, 3.63) is 40.2 Å². The molecule has 6 N–H and O–H groups in total. The van der Waals surface area contributed by atoms with Crippen LogP contribution in [0.5, 0.6) is 0 Å². The maximum absolute atomic E-state index is 11.8. The van der Waals surface area contributed by atoms with Gasteiger partial charge in [0.1, 0.15) is 0 Å². The van der Waals surface area contributed by atoms with Crippen LogP contribution in [-0.2, 0) is 0 Å². The highest BCUT2D eigenvalue weighted by atomic mass is 32.2. The van der Waals surface area contributed by atoms with E-state index in [4.69, 9.17) is 11.5 Å². The largest absolute Gasteiger partial charge is 0.382 e. The zero-order chi connectivity index (χ0) is 15.4. The fourth-order valence-corrected chi connectivity index (χ4v) is 2.00. The number of amidine groups is 1. The first-order chi connectivity index (χ1) is 9.99. The van der Waals surface area contributed by atoms with Gasteiger partial charge in [-0.15, -0.1) is 0 Å². The van der Waals surface area contributed by atoms with Gasteiger partial charge >= 0.3 is 0 Å². The van der Waals surface area contributed by atoms with Gasteiger partial charge in [0.05, 0.1) is 0 Å². The number of nitrogen functional groups attached to an aromatic ring is 2. The molecule has 0 amide bonds. The minimum absolute atomic E-state index is 0.00601. The number of aromatic nitrogens is 2. The summed E-state index contributed by atoms with van der Waals surface area (Å²) < 4.78 is 0. The second-order valence-corrected chi connectivity index (χ2v) is 5.09. The highest BCUT2D eigenvalue weighted by molar-refractivity contribution is 8.13. The van der Waals surface area contributed by atoms with Crippen LogP contribution in [-0.4, -0.2) is 21.4 Å². The number of benzene rings is 1. The average molecular weight is 304 g/mol. The van der Waals surface area contributed by atoms with E-state index >= 15 is 0 Å². The number of thioether (sulfide) groups is 1. The van der Waals surface area contributed by atoms with Gasteiger partial charge in [0, 0.05) is 5.69 Å². The van der Waals surface area contributed by atoms with Crippen LogP contribution in [0, 0.1) is 6.92 Å². The number of nitrogens with two attached hydrogens (primary N) is 2. The van der Waals surface area contributed by atoms with Crippen molar-refractivity contribution in [1.82, 2.24) is 9.97 Å². The van der Waals surface area contributed by atoms with E-state index in [2.05, 4.69) is 20.3 Å². The molecule has 0 fully saturated rings. The van der Waals surface area contributed by atoms with E-state index in [1.165, 1.54) is 11.8 Å². The van der Waals surface area contributed by atoms with Crippen molar-refractivity contribution in [3.63, 3.8) is 0 Å². The summed E-state index contributed by atoms with van der Waals surface area (Å²) in [6, 6.07) is 7.81. The van der Waals surface area contributed by atoms with Gasteiger partial charge < -0.3 is 16.8 Å². The standard InChI is InChI=1S/C13H16N6OS/c1-7-3-5-8(6-4-7)16-13(21-2)17-9-10(14)18-12(15)19-11(9)20/h3-6H,1-2H3,(H,16,17)(H5,14,15,18,19,20). The number of aromatic amines is 1. The Morgan fingerprint density at radius 3 is 2.57 bits per heavy atom. The lowest BCUT2D eigenvalue weighted by Crippen LogP contribution is -2.15. The molecule has 21 heavy (non-hydrogen) atoms. The van der Waals surface area contributed by atoms with Crippen molar-refractivity contribution in [1.29, 1.82) is 0 Å². The lowest BCUT2D eigenvalue weighted by molar-refractivity contribution is 1.13. The first-order valence-electron chi connectivity index (χ1n) is 6.11. The number of nitrogens with one attached hydrogen (secondary N) is 2. The molecule has 0 aliphatic carbocycles. The number of hydrogen-bond acceptors (Lipinski definition) is 6. The fraction of sp³-hybridized carbons (Fsp3) is 0.154. The van der Waals surface area contributed by atoms with Crippen LogP contribution in [0.1, 0.15) is 5.56 Å². The number of aryl methyl sites for hydroxylation is 1. The molecule has 7 nitrogen and oxygen atoms in total. The first kappa shape index (κ1) is 14.9. The summed E-state index contributed by atoms with van der Waals surface area (Å²) >= 11 is 1.36. The molecule has 1 aromatic carbocycles. The zero-order valence-corrected chi connectivity index (χ0v) is 12.5. The summed E-state index contributed by atoms with van der Waals surface area (Å²) in [5.74, 6) is -0.0397. The molecule has 0 aliphatic rings. The normalized spacial score (nSPS) is 11.4. The minimum atomic E-state index is -0.475. The Bertz CT molecular complexity index is 722. The molecule has 0 unspecified atom stereocenters. The van der Waals surface area contributed by atoms with Crippen molar-refractivity contribution >= 4 is 40.1 Å². The van der Waals surface area contributed by atoms with E-state index in [0.29, 0.717) is 5.17 Å². The topological polar surface area (TPSA) is 122 Å². The molecule has 0 aliphatic heterocycles. The summed E-state index contributed by atoms with van der Waals surface area (Å²) in [4.78, 5) is 22.2. The lowest BCUT2D eigenvalue weighted by Gasteiger charge is -2.08. The smallest absolute Gasteiger partial charge is 0.280 e. The summed E-state index contributed by atoms with van der Waals surface area (Å²) in [7, 11) is 0. The van der Waals surface area contributed by atoms with Gasteiger partial charge in [-0.3, -0.25) is 9.78 Å². The molecule has 0 saturated carbocycles. The molecule has 2 aromatic rings. The quantitative estimate of drug-likeness (QED) is 0.495. The molecule has 2 rings (SSSR count). The van der Waals surface area contributed by atoms with E-state index in [-0.39, 0.29) is 17.5 Å². The fourth-order valence-electron chi connectivity index (χ4n) is 1.60. The van der Waals surface area contributed by atoms with Crippen LogP contribution in [0.15, 0.2) is 34.1 Å². The van der Waals surface area contributed by atoms with E-state index in [1.54, 1.807) is 0 Å². The Morgan fingerprint density at radius 1 is 1.33 bits per heavy atom. The summed E-state index contributed by atoms with van der Waals surface area (Å²) in [6.45, 7) is 2.01. The van der Waals surface area contributed by atoms with Crippen molar-refractivity contribution in [2.45, 2.75) is 6.92 Å². The van der Waals surface area contributed by atoms with E-state index in [0.717, 1.165) is 11.3 Å². The van der Waals surface area contributed by atoms with Crippen molar-refractivity contribution < 1.29 is 0 Å². The second kappa shape index (κ2) is 6.31. The molecular formula is C13H16N6OS. The van der Waals surface area contributed by atoms with Gasteiger partial charge in [-0.1, -0.05) is 29.5 Å². The third-order valence-corrected chi connectivity index (χ3v) is 3.23. The highest BCUT2D eigenvalue weighted by Crippen LogP contribution is 2.18. The Balaban J connectivity index is 2.33. The lowest BCUT2D eigenvalue weighted by atomic mass is 10.2. The SMILES string of the molecule is CSC(=Nc1c(N)nc(N)[nH]c1=O)Nc1ccc(C)cc1. The van der Waals surface area contributed by atoms with Gasteiger partial charge in [0.25, 0.3) is 5.56 Å². The van der Waals surface area contributed by atoms with Crippen LogP contribution in [0.2, 0.25) is 0 Å². The number of anilines is 3. The molecule has 0 bridgehead atoms. The number of rotatable bonds is 2. The molecule has 110 valence electrons. The van der Waals surface area contributed by atoms with Gasteiger partial charge in [0.15, 0.2) is 16.7 Å². The van der Waals surface area contributed by atoms with E-state index in [9.17, 15) is 4.79 Å². The summed E-state index contributed by atoms with van der Waals surface area (Å²) in [5, 5.41) is 3.65. The second-order valence-electron chi connectivity index (χ2n) is 4.30. The molecular weight excluding hydrogens is 288 g/mol. The minimum Gasteiger partial charge on any atom is -0.382 e. The van der Waals surface area contributed by atoms with Crippen molar-refractivity contribution in [3.8, 4) is 0 Å². The van der Waals surface area contributed by atoms with Crippen LogP contribution in [0.3, 0.4) is 0 Å². The van der Waals surface area contributed by atoms with Crippen molar-refractivity contribution in [2.75, 3.05) is 23.0 Å². The first-order valence-corrected chi connectivity index (χ1v) is 7.33. The maximum Gasteiger partial charge on any atom is 0.280 e. The maximum atomic E-state index is 11.8. The highest BCUT2D eigenvalue weighted by Gasteiger charge is 2.08. The van der Waals surface area contributed by atoms with Gasteiger partial charge in [-0.2, -0.15) is 4.98 Å². The molecule has 1 heterocycles. The number of aliphatic imine (C=N–C) groups is 1. The molecule has 0 atom stereocenters. The third kappa shape index (κ3) is 3.76. The number of H-pyrrole nitrogens is 1. The number of nitrogens with zero attached hydrogens (tertiary/aromatic N) is 2. The van der Waals surface area contributed by atoms with E-state index < -0.39 is 5.56 Å². The predicted octanol–water partition coefficient (Wildman–Crippen LogP) is 1.71.